The molecule has 4 heteroatoms. The first-order valence-corrected chi connectivity index (χ1v) is 9.98. The summed E-state index contributed by atoms with van der Waals surface area (Å²) < 4.78 is 0. The predicted octanol–water partition coefficient (Wildman–Crippen LogP) is 3.87. The lowest BCUT2D eigenvalue weighted by atomic mass is 10.2. The zero-order valence-electron chi connectivity index (χ0n) is 17.4. The molecule has 146 valence electrons. The summed E-state index contributed by atoms with van der Waals surface area (Å²) in [6, 6.07) is 18.0. The Labute approximate surface area is 165 Å². The molecule has 2 aromatic carbocycles. The van der Waals surface area contributed by atoms with E-state index in [2.05, 4.69) is 96.3 Å². The van der Waals surface area contributed by atoms with Crippen LogP contribution in [0.15, 0.2) is 48.5 Å². The third-order valence-corrected chi connectivity index (χ3v) is 5.32. The molecule has 1 saturated heterocycles. The van der Waals surface area contributed by atoms with Crippen LogP contribution in [0.5, 0.6) is 0 Å². The molecule has 0 aliphatic carbocycles. The highest BCUT2D eigenvalue weighted by Crippen LogP contribution is 2.18. The van der Waals surface area contributed by atoms with Crippen molar-refractivity contribution in [1.29, 1.82) is 0 Å². The standard InChI is InChI=1S/C23H34N4/c1-24(2)22-11-7-20(8-12-22)17-26-15-5-6-16-27(19-26)18-21-9-13-23(14-10-21)25(3)4/h7-14H,5-6,15-19H2,1-4H3. The van der Waals surface area contributed by atoms with Gasteiger partial charge in [-0.05, 0) is 61.3 Å². The molecule has 27 heavy (non-hydrogen) atoms. The van der Waals surface area contributed by atoms with Crippen molar-refractivity contribution in [2.75, 3.05) is 57.7 Å². The Morgan fingerprint density at radius 1 is 0.630 bits per heavy atom. The number of anilines is 2. The maximum absolute atomic E-state index is 2.59. The lowest BCUT2D eigenvalue weighted by molar-refractivity contribution is 0.143. The highest BCUT2D eigenvalue weighted by atomic mass is 15.3. The minimum absolute atomic E-state index is 1.03. The van der Waals surface area contributed by atoms with E-state index in [1.165, 1.54) is 48.4 Å². The van der Waals surface area contributed by atoms with Gasteiger partial charge in [-0.3, -0.25) is 9.80 Å². The maximum Gasteiger partial charge on any atom is 0.0512 e. The highest BCUT2D eigenvalue weighted by molar-refractivity contribution is 5.46. The van der Waals surface area contributed by atoms with Crippen molar-refractivity contribution in [3.05, 3.63) is 59.7 Å². The van der Waals surface area contributed by atoms with E-state index < -0.39 is 0 Å². The van der Waals surface area contributed by atoms with E-state index in [1.807, 2.05) is 0 Å². The van der Waals surface area contributed by atoms with Crippen LogP contribution in [0.25, 0.3) is 0 Å². The van der Waals surface area contributed by atoms with E-state index in [9.17, 15) is 0 Å². The van der Waals surface area contributed by atoms with Gasteiger partial charge in [-0.2, -0.15) is 0 Å². The topological polar surface area (TPSA) is 13.0 Å². The molecule has 0 N–H and O–H groups in total. The number of nitrogens with zero attached hydrogens (tertiary/aromatic N) is 4. The van der Waals surface area contributed by atoms with E-state index >= 15 is 0 Å². The summed E-state index contributed by atoms with van der Waals surface area (Å²) in [5.41, 5.74) is 5.32. The Kier molecular flexibility index (Phi) is 6.75. The third kappa shape index (κ3) is 5.72. The van der Waals surface area contributed by atoms with Gasteiger partial charge in [0.2, 0.25) is 0 Å². The Bertz CT molecular complexity index is 630. The molecular formula is C23H34N4. The molecule has 1 heterocycles. The summed E-state index contributed by atoms with van der Waals surface area (Å²) >= 11 is 0. The van der Waals surface area contributed by atoms with Crippen molar-refractivity contribution >= 4 is 11.4 Å². The third-order valence-electron chi connectivity index (χ3n) is 5.32. The van der Waals surface area contributed by atoms with Crippen LogP contribution in [0.2, 0.25) is 0 Å². The molecule has 0 aromatic heterocycles. The van der Waals surface area contributed by atoms with Gasteiger partial charge in [0.25, 0.3) is 0 Å². The summed E-state index contributed by atoms with van der Waals surface area (Å²) in [6.07, 6.45) is 2.57. The van der Waals surface area contributed by atoms with Gasteiger partial charge in [-0.15, -0.1) is 0 Å². The highest BCUT2D eigenvalue weighted by Gasteiger charge is 2.16. The lowest BCUT2D eigenvalue weighted by Gasteiger charge is -2.27. The fraction of sp³-hybridized carbons (Fsp3) is 0.478. The predicted molar refractivity (Wildman–Crippen MR) is 116 cm³/mol. The lowest BCUT2D eigenvalue weighted by Crippen LogP contribution is -2.35. The number of hydrogen-bond acceptors (Lipinski definition) is 4. The van der Waals surface area contributed by atoms with Gasteiger partial charge in [-0.25, -0.2) is 0 Å². The van der Waals surface area contributed by atoms with Crippen LogP contribution in [-0.4, -0.2) is 57.7 Å². The van der Waals surface area contributed by atoms with Crippen molar-refractivity contribution in [3.63, 3.8) is 0 Å². The van der Waals surface area contributed by atoms with Crippen molar-refractivity contribution in [3.8, 4) is 0 Å². The number of rotatable bonds is 6. The van der Waals surface area contributed by atoms with Crippen molar-refractivity contribution in [1.82, 2.24) is 9.80 Å². The molecule has 1 fully saturated rings. The fourth-order valence-corrected chi connectivity index (χ4v) is 3.67. The maximum atomic E-state index is 2.59. The first kappa shape index (κ1) is 19.7. The average Bonchev–Trinajstić information content (AvgIpc) is 2.87. The van der Waals surface area contributed by atoms with Crippen LogP contribution in [0.1, 0.15) is 24.0 Å². The van der Waals surface area contributed by atoms with E-state index in [0.29, 0.717) is 0 Å². The summed E-state index contributed by atoms with van der Waals surface area (Å²) in [5.74, 6) is 0. The Morgan fingerprint density at radius 3 is 1.33 bits per heavy atom. The van der Waals surface area contributed by atoms with E-state index in [0.717, 1.165) is 19.8 Å². The first-order chi connectivity index (χ1) is 13.0. The monoisotopic (exact) mass is 366 g/mol. The van der Waals surface area contributed by atoms with Crippen LogP contribution in [0.4, 0.5) is 11.4 Å². The van der Waals surface area contributed by atoms with Crippen molar-refractivity contribution < 1.29 is 0 Å². The summed E-state index contributed by atoms with van der Waals surface area (Å²) in [6.45, 7) is 5.48. The first-order valence-electron chi connectivity index (χ1n) is 9.98. The largest absolute Gasteiger partial charge is 0.378 e. The second-order valence-corrected chi connectivity index (χ2v) is 8.08. The fourth-order valence-electron chi connectivity index (χ4n) is 3.67. The van der Waals surface area contributed by atoms with Gasteiger partial charge >= 0.3 is 0 Å². The van der Waals surface area contributed by atoms with Crippen LogP contribution >= 0.6 is 0 Å². The number of benzene rings is 2. The smallest absolute Gasteiger partial charge is 0.0512 e. The SMILES string of the molecule is CN(C)c1ccc(CN2CCCCN(Cc3ccc(N(C)C)cc3)C2)cc1. The van der Waals surface area contributed by atoms with Gasteiger partial charge in [-0.1, -0.05) is 24.3 Å². The van der Waals surface area contributed by atoms with Gasteiger partial charge < -0.3 is 9.80 Å². The quantitative estimate of drug-likeness (QED) is 0.769. The molecule has 0 radical (unpaired) electrons. The minimum Gasteiger partial charge on any atom is -0.378 e. The second-order valence-electron chi connectivity index (χ2n) is 8.08. The molecule has 3 rings (SSSR count). The Morgan fingerprint density at radius 2 is 1.00 bits per heavy atom. The molecule has 0 unspecified atom stereocenters. The molecule has 0 atom stereocenters. The summed E-state index contributed by atoms with van der Waals surface area (Å²) in [7, 11) is 8.36. The van der Waals surface area contributed by atoms with Gasteiger partial charge in [0, 0.05) is 52.7 Å². The van der Waals surface area contributed by atoms with Gasteiger partial charge in [0.1, 0.15) is 0 Å². The Balaban J connectivity index is 1.59. The van der Waals surface area contributed by atoms with Crippen LogP contribution in [-0.2, 0) is 13.1 Å². The summed E-state index contributed by atoms with van der Waals surface area (Å²) in [4.78, 5) is 9.48. The van der Waals surface area contributed by atoms with Crippen LogP contribution in [0.3, 0.4) is 0 Å². The van der Waals surface area contributed by atoms with E-state index in [-0.39, 0.29) is 0 Å². The molecular weight excluding hydrogens is 332 g/mol. The normalized spacial score (nSPS) is 16.1. The molecule has 0 amide bonds. The van der Waals surface area contributed by atoms with E-state index in [1.54, 1.807) is 0 Å². The minimum atomic E-state index is 1.03. The average molecular weight is 367 g/mol. The zero-order valence-corrected chi connectivity index (χ0v) is 17.4. The van der Waals surface area contributed by atoms with Crippen molar-refractivity contribution in [2.24, 2.45) is 0 Å². The Hall–Kier alpha value is -2.04. The molecule has 4 nitrogen and oxygen atoms in total. The molecule has 0 spiro atoms. The number of hydrogen-bond donors (Lipinski definition) is 0. The van der Waals surface area contributed by atoms with Crippen LogP contribution in [0, 0.1) is 0 Å². The molecule has 0 saturated carbocycles. The van der Waals surface area contributed by atoms with Gasteiger partial charge in [0.05, 0.1) is 6.67 Å². The zero-order chi connectivity index (χ0) is 19.2. The second kappa shape index (κ2) is 9.25. The van der Waals surface area contributed by atoms with Crippen LogP contribution < -0.4 is 9.80 Å². The summed E-state index contributed by atoms with van der Waals surface area (Å²) in [5, 5.41) is 0. The van der Waals surface area contributed by atoms with Gasteiger partial charge in [0.15, 0.2) is 0 Å². The molecule has 2 aromatic rings. The van der Waals surface area contributed by atoms with Crippen molar-refractivity contribution in [2.45, 2.75) is 25.9 Å². The molecule has 1 aliphatic heterocycles. The molecule has 0 bridgehead atoms. The van der Waals surface area contributed by atoms with E-state index in [4.69, 9.17) is 0 Å². The molecule has 1 aliphatic rings.